The number of nitrogens with zero attached hydrogens (tertiary/aromatic N) is 3. The highest BCUT2D eigenvalue weighted by molar-refractivity contribution is 9.09. The molecule has 0 aliphatic carbocycles. The summed E-state index contributed by atoms with van der Waals surface area (Å²) in [6, 6.07) is 9.14. The molecule has 1 saturated heterocycles. The van der Waals surface area contributed by atoms with Gasteiger partial charge in [0.15, 0.2) is 0 Å². The van der Waals surface area contributed by atoms with E-state index in [1.807, 2.05) is 11.7 Å². The van der Waals surface area contributed by atoms with Gasteiger partial charge in [-0.15, -0.1) is 0 Å². The summed E-state index contributed by atoms with van der Waals surface area (Å²) in [7, 11) is 2.03. The van der Waals surface area contributed by atoms with Crippen LogP contribution in [-0.2, 0) is 13.6 Å². The van der Waals surface area contributed by atoms with Crippen molar-refractivity contribution in [3.63, 3.8) is 0 Å². The van der Waals surface area contributed by atoms with E-state index < -0.39 is 0 Å². The Morgan fingerprint density at radius 1 is 1.37 bits per heavy atom. The van der Waals surface area contributed by atoms with Gasteiger partial charge in [0.25, 0.3) is 0 Å². The van der Waals surface area contributed by atoms with Crippen molar-refractivity contribution in [2.75, 3.05) is 11.9 Å². The molecule has 2 heterocycles. The standard InChI is InChI=1S/C15H20BrN3/c1-11-7-8-19(15(11)9-16)10-13-12-5-3-4-6-14(12)18(2)17-13/h3-6,11,15H,7-10H2,1-2H3. The maximum absolute atomic E-state index is 4.71. The molecule has 102 valence electrons. The van der Waals surface area contributed by atoms with Crippen LogP contribution >= 0.6 is 15.9 Å². The number of hydrogen-bond donors (Lipinski definition) is 0. The predicted octanol–water partition coefficient (Wildman–Crippen LogP) is 3.18. The molecule has 1 fully saturated rings. The Labute approximate surface area is 122 Å². The van der Waals surface area contributed by atoms with E-state index in [1.54, 1.807) is 0 Å². The van der Waals surface area contributed by atoms with Crippen molar-refractivity contribution in [1.29, 1.82) is 0 Å². The van der Waals surface area contributed by atoms with Gasteiger partial charge in [0.05, 0.1) is 11.2 Å². The van der Waals surface area contributed by atoms with Crippen molar-refractivity contribution in [2.45, 2.75) is 25.9 Å². The van der Waals surface area contributed by atoms with Crippen LogP contribution in [0.3, 0.4) is 0 Å². The van der Waals surface area contributed by atoms with Crippen molar-refractivity contribution >= 4 is 26.8 Å². The topological polar surface area (TPSA) is 21.1 Å². The van der Waals surface area contributed by atoms with Crippen molar-refractivity contribution in [3.05, 3.63) is 30.0 Å². The molecule has 1 aromatic carbocycles. The largest absolute Gasteiger partial charge is 0.293 e. The van der Waals surface area contributed by atoms with E-state index in [4.69, 9.17) is 5.10 Å². The monoisotopic (exact) mass is 321 g/mol. The van der Waals surface area contributed by atoms with E-state index in [9.17, 15) is 0 Å². The highest BCUT2D eigenvalue weighted by Gasteiger charge is 2.30. The second kappa shape index (κ2) is 5.25. The molecule has 0 bridgehead atoms. The van der Waals surface area contributed by atoms with E-state index in [0.717, 1.165) is 17.8 Å². The molecule has 0 amide bonds. The summed E-state index contributed by atoms with van der Waals surface area (Å²) in [6.07, 6.45) is 1.29. The molecule has 3 nitrogen and oxygen atoms in total. The summed E-state index contributed by atoms with van der Waals surface area (Å²) in [4.78, 5) is 2.56. The highest BCUT2D eigenvalue weighted by Crippen LogP contribution is 2.28. The van der Waals surface area contributed by atoms with Crippen molar-refractivity contribution < 1.29 is 0 Å². The van der Waals surface area contributed by atoms with Gasteiger partial charge in [0, 0.05) is 30.4 Å². The summed E-state index contributed by atoms with van der Waals surface area (Å²) in [5, 5.41) is 7.05. The van der Waals surface area contributed by atoms with E-state index in [1.165, 1.54) is 29.6 Å². The number of halogens is 1. The summed E-state index contributed by atoms with van der Waals surface area (Å²) >= 11 is 3.66. The number of alkyl halides is 1. The first-order chi connectivity index (χ1) is 9.20. The minimum atomic E-state index is 0.640. The predicted molar refractivity (Wildman–Crippen MR) is 82.5 cm³/mol. The van der Waals surface area contributed by atoms with Crippen LogP contribution in [0.4, 0.5) is 0 Å². The fourth-order valence-corrected chi connectivity index (χ4v) is 4.18. The number of rotatable bonds is 3. The molecule has 0 spiro atoms. The molecule has 0 saturated carbocycles. The highest BCUT2D eigenvalue weighted by atomic mass is 79.9. The molecule has 4 heteroatoms. The van der Waals surface area contributed by atoms with Gasteiger partial charge in [-0.05, 0) is 24.9 Å². The smallest absolute Gasteiger partial charge is 0.0843 e. The molecule has 0 N–H and O–H groups in total. The number of likely N-dealkylation sites (tertiary alicyclic amines) is 1. The number of para-hydroxylation sites is 1. The Morgan fingerprint density at radius 2 is 2.16 bits per heavy atom. The first-order valence-corrected chi connectivity index (χ1v) is 8.03. The summed E-state index contributed by atoms with van der Waals surface area (Å²) in [5.41, 5.74) is 2.43. The second-order valence-corrected chi connectivity index (χ2v) is 6.19. The lowest BCUT2D eigenvalue weighted by Crippen LogP contribution is -2.33. The van der Waals surface area contributed by atoms with Crippen molar-refractivity contribution in [2.24, 2.45) is 13.0 Å². The lowest BCUT2D eigenvalue weighted by molar-refractivity contribution is 0.242. The van der Waals surface area contributed by atoms with Crippen LogP contribution in [0.2, 0.25) is 0 Å². The molecule has 0 radical (unpaired) electrons. The maximum Gasteiger partial charge on any atom is 0.0843 e. The van der Waals surface area contributed by atoms with Crippen LogP contribution in [0.25, 0.3) is 10.9 Å². The zero-order valence-electron chi connectivity index (χ0n) is 11.5. The molecule has 2 aromatic rings. The maximum atomic E-state index is 4.71. The van der Waals surface area contributed by atoms with E-state index >= 15 is 0 Å². The quantitative estimate of drug-likeness (QED) is 0.809. The number of aryl methyl sites for hydroxylation is 1. The Morgan fingerprint density at radius 3 is 2.95 bits per heavy atom. The van der Waals surface area contributed by atoms with Crippen molar-refractivity contribution in [3.8, 4) is 0 Å². The zero-order valence-corrected chi connectivity index (χ0v) is 13.1. The van der Waals surface area contributed by atoms with Gasteiger partial charge in [-0.25, -0.2) is 0 Å². The lowest BCUT2D eigenvalue weighted by Gasteiger charge is -2.24. The van der Waals surface area contributed by atoms with E-state index in [0.29, 0.717) is 6.04 Å². The van der Waals surface area contributed by atoms with Gasteiger partial charge >= 0.3 is 0 Å². The van der Waals surface area contributed by atoms with E-state index in [2.05, 4.69) is 52.0 Å². The SMILES string of the molecule is CC1CCN(Cc2nn(C)c3ccccc23)C1CBr. The number of fused-ring (bicyclic) bond motifs is 1. The Balaban J connectivity index is 1.90. The fraction of sp³-hybridized carbons (Fsp3) is 0.533. The molecule has 1 aliphatic heterocycles. The van der Waals surface area contributed by atoms with E-state index in [-0.39, 0.29) is 0 Å². The van der Waals surface area contributed by atoms with Gasteiger partial charge in [-0.3, -0.25) is 9.58 Å². The second-order valence-electron chi connectivity index (χ2n) is 5.55. The zero-order chi connectivity index (χ0) is 13.4. The molecule has 1 aliphatic rings. The van der Waals surface area contributed by atoms with Crippen LogP contribution in [-0.4, -0.2) is 32.6 Å². The minimum absolute atomic E-state index is 0.640. The van der Waals surface area contributed by atoms with Crippen molar-refractivity contribution in [1.82, 2.24) is 14.7 Å². The molecular formula is C15H20BrN3. The molecule has 2 unspecified atom stereocenters. The average molecular weight is 322 g/mol. The van der Waals surface area contributed by atoms with Gasteiger partial charge in [0.2, 0.25) is 0 Å². The van der Waals surface area contributed by atoms with Crippen LogP contribution in [0.15, 0.2) is 24.3 Å². The summed E-state index contributed by atoms with van der Waals surface area (Å²) in [5.74, 6) is 0.773. The normalized spacial score (nSPS) is 24.4. The first-order valence-electron chi connectivity index (χ1n) is 6.91. The minimum Gasteiger partial charge on any atom is -0.293 e. The van der Waals surface area contributed by atoms with Gasteiger partial charge in [-0.1, -0.05) is 41.1 Å². The molecular weight excluding hydrogens is 302 g/mol. The van der Waals surface area contributed by atoms with Gasteiger partial charge in [0.1, 0.15) is 0 Å². The Hall–Kier alpha value is -0.870. The first kappa shape index (κ1) is 13.1. The molecule has 2 atom stereocenters. The summed E-state index contributed by atoms with van der Waals surface area (Å²) < 4.78 is 1.99. The van der Waals surface area contributed by atoms with Crippen LogP contribution < -0.4 is 0 Å². The number of hydrogen-bond acceptors (Lipinski definition) is 2. The van der Waals surface area contributed by atoms with Gasteiger partial charge in [-0.2, -0.15) is 5.10 Å². The van der Waals surface area contributed by atoms with Crippen LogP contribution in [0.1, 0.15) is 19.0 Å². The Bertz CT molecular complexity index is 578. The molecule has 3 rings (SSSR count). The number of benzene rings is 1. The van der Waals surface area contributed by atoms with Crippen LogP contribution in [0.5, 0.6) is 0 Å². The third-order valence-corrected chi connectivity index (χ3v) is 5.01. The fourth-order valence-electron chi connectivity index (χ4n) is 3.13. The summed E-state index contributed by atoms with van der Waals surface area (Å²) in [6.45, 7) is 4.49. The third-order valence-electron chi connectivity index (χ3n) is 4.34. The molecule has 1 aromatic heterocycles. The van der Waals surface area contributed by atoms with Crippen LogP contribution in [0, 0.1) is 5.92 Å². The average Bonchev–Trinajstić information content (AvgIpc) is 2.92. The lowest BCUT2D eigenvalue weighted by atomic mass is 10.1. The number of aromatic nitrogens is 2. The molecule has 19 heavy (non-hydrogen) atoms. The third kappa shape index (κ3) is 2.32. The Kier molecular flexibility index (Phi) is 3.63. The van der Waals surface area contributed by atoms with Gasteiger partial charge < -0.3 is 0 Å².